The van der Waals surface area contributed by atoms with Crippen LogP contribution in [0, 0.1) is 6.92 Å². The summed E-state index contributed by atoms with van der Waals surface area (Å²) in [7, 11) is 0. The normalized spacial score (nSPS) is 21.7. The van der Waals surface area contributed by atoms with Gasteiger partial charge in [0.05, 0.1) is 28.2 Å². The van der Waals surface area contributed by atoms with Crippen molar-refractivity contribution in [3.05, 3.63) is 28.5 Å². The standard InChI is InChI=1S/C21H24ClF3N4O2/c1-11-26-17-8-16(22)15(21(23,24)25)7-14(17)18(27-11)28-9-12-5-6-13(10-28)29(12)19(30)31-20(2,3)4/h7-8,12-13H,5-6,9-10H2,1-4H3. The molecular weight excluding hydrogens is 433 g/mol. The van der Waals surface area contributed by atoms with Crippen LogP contribution in [0.4, 0.5) is 23.8 Å². The Kier molecular flexibility index (Phi) is 5.23. The molecule has 4 rings (SSSR count). The maximum absolute atomic E-state index is 13.4. The first-order valence-corrected chi connectivity index (χ1v) is 10.5. The lowest BCUT2D eigenvalue weighted by Gasteiger charge is -2.42. The highest BCUT2D eigenvalue weighted by atomic mass is 35.5. The third-order valence-corrected chi connectivity index (χ3v) is 5.88. The maximum atomic E-state index is 13.4. The van der Waals surface area contributed by atoms with Crippen LogP contribution in [-0.2, 0) is 10.9 Å². The number of piperazine rings is 1. The molecule has 6 nitrogen and oxygen atoms in total. The molecule has 2 unspecified atom stereocenters. The van der Waals surface area contributed by atoms with Gasteiger partial charge in [-0.05, 0) is 52.7 Å². The van der Waals surface area contributed by atoms with Crippen molar-refractivity contribution in [3.8, 4) is 0 Å². The van der Waals surface area contributed by atoms with Crippen LogP contribution in [0.5, 0.6) is 0 Å². The zero-order valence-corrected chi connectivity index (χ0v) is 18.5. The molecule has 10 heteroatoms. The van der Waals surface area contributed by atoms with Gasteiger partial charge in [0.15, 0.2) is 0 Å². The largest absolute Gasteiger partial charge is 0.444 e. The minimum atomic E-state index is -4.58. The van der Waals surface area contributed by atoms with E-state index < -0.39 is 17.3 Å². The topological polar surface area (TPSA) is 58.6 Å². The highest BCUT2D eigenvalue weighted by Crippen LogP contribution is 2.40. The van der Waals surface area contributed by atoms with E-state index in [1.54, 1.807) is 11.8 Å². The van der Waals surface area contributed by atoms with Crippen molar-refractivity contribution in [1.82, 2.24) is 14.9 Å². The summed E-state index contributed by atoms with van der Waals surface area (Å²) in [5.41, 5.74) is -1.14. The average molecular weight is 457 g/mol. The fourth-order valence-corrected chi connectivity index (χ4v) is 4.66. The Morgan fingerprint density at radius 1 is 1.13 bits per heavy atom. The summed E-state index contributed by atoms with van der Waals surface area (Å²) in [5, 5.41) is -0.0914. The van der Waals surface area contributed by atoms with Gasteiger partial charge in [0.2, 0.25) is 0 Å². The van der Waals surface area contributed by atoms with E-state index in [4.69, 9.17) is 16.3 Å². The number of ether oxygens (including phenoxy) is 1. The maximum Gasteiger partial charge on any atom is 0.417 e. The number of hydrogen-bond acceptors (Lipinski definition) is 5. The van der Waals surface area contributed by atoms with Gasteiger partial charge in [-0.25, -0.2) is 14.8 Å². The summed E-state index contributed by atoms with van der Waals surface area (Å²) in [6.07, 6.45) is -3.32. The monoisotopic (exact) mass is 456 g/mol. The van der Waals surface area contributed by atoms with Crippen molar-refractivity contribution < 1.29 is 22.7 Å². The summed E-state index contributed by atoms with van der Waals surface area (Å²) < 4.78 is 45.9. The summed E-state index contributed by atoms with van der Waals surface area (Å²) in [6, 6.07) is 2.08. The molecule has 0 saturated carbocycles. The molecule has 2 aliphatic rings. The highest BCUT2D eigenvalue weighted by molar-refractivity contribution is 6.32. The van der Waals surface area contributed by atoms with E-state index in [1.165, 1.54) is 6.07 Å². The van der Waals surface area contributed by atoms with Crippen LogP contribution in [0.25, 0.3) is 10.9 Å². The number of benzene rings is 1. The molecule has 0 aliphatic carbocycles. The van der Waals surface area contributed by atoms with Gasteiger partial charge in [-0.1, -0.05) is 11.6 Å². The zero-order valence-electron chi connectivity index (χ0n) is 17.8. The first-order valence-electron chi connectivity index (χ1n) is 10.1. The number of rotatable bonds is 1. The summed E-state index contributed by atoms with van der Waals surface area (Å²) in [4.78, 5) is 25.2. The molecule has 0 radical (unpaired) electrons. The number of aromatic nitrogens is 2. The summed E-state index contributed by atoms with van der Waals surface area (Å²) >= 11 is 5.89. The van der Waals surface area contributed by atoms with Crippen LogP contribution in [0.3, 0.4) is 0 Å². The quantitative estimate of drug-likeness (QED) is 0.590. The molecule has 1 aromatic heterocycles. The van der Waals surface area contributed by atoms with E-state index in [9.17, 15) is 18.0 Å². The lowest BCUT2D eigenvalue weighted by atomic mass is 10.1. The van der Waals surface area contributed by atoms with E-state index in [2.05, 4.69) is 9.97 Å². The second-order valence-electron chi connectivity index (χ2n) is 9.12. The van der Waals surface area contributed by atoms with Crippen molar-refractivity contribution in [2.45, 2.75) is 64.4 Å². The van der Waals surface area contributed by atoms with Gasteiger partial charge >= 0.3 is 12.3 Å². The molecule has 31 heavy (non-hydrogen) atoms. The molecule has 2 aromatic rings. The van der Waals surface area contributed by atoms with Gasteiger partial charge in [0.1, 0.15) is 17.2 Å². The number of alkyl halides is 3. The number of aryl methyl sites for hydroxylation is 1. The number of anilines is 1. The average Bonchev–Trinajstić information content (AvgIpc) is 2.88. The Morgan fingerprint density at radius 2 is 1.74 bits per heavy atom. The van der Waals surface area contributed by atoms with E-state index >= 15 is 0 Å². The molecule has 0 spiro atoms. The van der Waals surface area contributed by atoms with Crippen LogP contribution in [0.2, 0.25) is 5.02 Å². The minimum absolute atomic E-state index is 0.0895. The number of fused-ring (bicyclic) bond motifs is 3. The van der Waals surface area contributed by atoms with Gasteiger partial charge in [-0.15, -0.1) is 0 Å². The number of carbonyl (C=O) groups excluding carboxylic acids is 1. The number of halogens is 4. The molecular formula is C21H24ClF3N4O2. The Hall–Kier alpha value is -2.29. The lowest BCUT2D eigenvalue weighted by Crippen LogP contribution is -2.57. The van der Waals surface area contributed by atoms with Gasteiger partial charge in [0.25, 0.3) is 0 Å². The first-order chi connectivity index (χ1) is 14.3. The van der Waals surface area contributed by atoms with Crippen molar-refractivity contribution in [2.24, 2.45) is 0 Å². The van der Waals surface area contributed by atoms with Crippen LogP contribution < -0.4 is 4.90 Å². The second kappa shape index (κ2) is 7.39. The predicted octanol–water partition coefficient (Wildman–Crippen LogP) is 5.20. The molecule has 1 amide bonds. The molecule has 2 saturated heterocycles. The third kappa shape index (κ3) is 4.24. The van der Waals surface area contributed by atoms with E-state index in [1.807, 2.05) is 25.7 Å². The van der Waals surface area contributed by atoms with E-state index in [0.29, 0.717) is 35.6 Å². The Bertz CT molecular complexity index is 1020. The fourth-order valence-electron chi connectivity index (χ4n) is 4.39. The predicted molar refractivity (Wildman–Crippen MR) is 111 cm³/mol. The number of carbonyl (C=O) groups is 1. The number of hydrogen-bond donors (Lipinski definition) is 0. The summed E-state index contributed by atoms with van der Waals surface area (Å²) in [5.74, 6) is 0.880. The van der Waals surface area contributed by atoms with Crippen molar-refractivity contribution >= 4 is 34.4 Å². The van der Waals surface area contributed by atoms with Crippen molar-refractivity contribution in [3.63, 3.8) is 0 Å². The molecule has 2 atom stereocenters. The van der Waals surface area contributed by atoms with Crippen LogP contribution >= 0.6 is 11.6 Å². The molecule has 3 heterocycles. The number of amides is 1. The zero-order chi connectivity index (χ0) is 22.7. The third-order valence-electron chi connectivity index (χ3n) is 5.57. The van der Waals surface area contributed by atoms with E-state index in [-0.39, 0.29) is 23.2 Å². The van der Waals surface area contributed by atoms with Gasteiger partial charge in [0, 0.05) is 18.5 Å². The van der Waals surface area contributed by atoms with Crippen molar-refractivity contribution in [2.75, 3.05) is 18.0 Å². The van der Waals surface area contributed by atoms with Crippen molar-refractivity contribution in [1.29, 1.82) is 0 Å². The molecule has 1 aromatic carbocycles. The lowest BCUT2D eigenvalue weighted by molar-refractivity contribution is -0.137. The molecule has 2 bridgehead atoms. The van der Waals surface area contributed by atoms with E-state index in [0.717, 1.165) is 18.9 Å². The Labute approximate surface area is 183 Å². The van der Waals surface area contributed by atoms with Crippen LogP contribution in [-0.4, -0.2) is 51.7 Å². The highest BCUT2D eigenvalue weighted by Gasteiger charge is 2.45. The SMILES string of the molecule is Cc1nc(N2CC3CCC(C2)N3C(=O)OC(C)(C)C)c2cc(C(F)(F)F)c(Cl)cc2n1. The molecule has 2 fully saturated rings. The molecule has 0 N–H and O–H groups in total. The van der Waals surface area contributed by atoms with Gasteiger partial charge in [-0.3, -0.25) is 4.90 Å². The fraction of sp³-hybridized carbons (Fsp3) is 0.571. The minimum Gasteiger partial charge on any atom is -0.444 e. The van der Waals surface area contributed by atoms with Gasteiger partial charge in [-0.2, -0.15) is 13.2 Å². The molecule has 2 aliphatic heterocycles. The second-order valence-corrected chi connectivity index (χ2v) is 9.53. The van der Waals surface area contributed by atoms with Gasteiger partial charge < -0.3 is 9.64 Å². The summed E-state index contributed by atoms with van der Waals surface area (Å²) in [6.45, 7) is 8.09. The van der Waals surface area contributed by atoms with Crippen LogP contribution in [0.1, 0.15) is 45.0 Å². The first kappa shape index (κ1) is 21.9. The Balaban J connectivity index is 1.70. The Morgan fingerprint density at radius 3 is 2.29 bits per heavy atom. The van der Waals surface area contributed by atoms with Crippen LogP contribution in [0.15, 0.2) is 12.1 Å². The smallest absolute Gasteiger partial charge is 0.417 e. The number of nitrogens with zero attached hydrogens (tertiary/aromatic N) is 4. The molecule has 168 valence electrons.